The summed E-state index contributed by atoms with van der Waals surface area (Å²) in [6.07, 6.45) is 2.72. The molecule has 0 unspecified atom stereocenters. The first kappa shape index (κ1) is 29.7. The summed E-state index contributed by atoms with van der Waals surface area (Å²) in [6.45, 7) is 16.0. The molecular formula is C34H45NO4Si. The summed E-state index contributed by atoms with van der Waals surface area (Å²) in [4.78, 5) is 15.8. The fourth-order valence-corrected chi connectivity index (χ4v) is 12.0. The van der Waals surface area contributed by atoms with E-state index in [0.29, 0.717) is 29.7 Å². The van der Waals surface area contributed by atoms with Gasteiger partial charge in [-0.05, 0) is 76.3 Å². The molecule has 0 fully saturated rings. The van der Waals surface area contributed by atoms with E-state index in [1.165, 1.54) is 10.8 Å². The Hall–Kier alpha value is -3.25. The third-order valence-corrected chi connectivity index (χ3v) is 14.5. The van der Waals surface area contributed by atoms with Crippen molar-refractivity contribution in [2.24, 2.45) is 0 Å². The maximum Gasteiger partial charge on any atom is 0.329 e. The van der Waals surface area contributed by atoms with Crippen LogP contribution in [0.25, 0.3) is 10.8 Å². The third kappa shape index (κ3) is 5.78. The van der Waals surface area contributed by atoms with Crippen LogP contribution in [0.5, 0.6) is 5.75 Å². The molecule has 1 aliphatic rings. The highest BCUT2D eigenvalue weighted by Crippen LogP contribution is 2.47. The van der Waals surface area contributed by atoms with Crippen molar-refractivity contribution in [3.8, 4) is 5.75 Å². The van der Waals surface area contributed by atoms with Crippen molar-refractivity contribution in [2.75, 3.05) is 18.6 Å². The summed E-state index contributed by atoms with van der Waals surface area (Å²) in [7, 11) is -0.579. The molecule has 0 radical (unpaired) electrons. The third-order valence-electron chi connectivity index (χ3n) is 8.43. The van der Waals surface area contributed by atoms with Crippen LogP contribution in [0.1, 0.15) is 66.5 Å². The van der Waals surface area contributed by atoms with E-state index >= 15 is 0 Å². The standard InChI is InChI=1S/C34H45NO4Si/c1-9-38-34(36)33-22-31(39-40(23(2)3,24(4)5)25(6)7)21-32(35(33)29-16-18-30(37-8)19-17-29)28-15-14-26-12-10-11-13-27(26)20-28/h10-21,23-25,32-33H,9,22H2,1-8H3/t32-,33-/m0/s1. The SMILES string of the molecule is CCOC(=O)[C@@H]1CC(O[Si](C(C)C)(C(C)C)C(C)C)=C[C@@H](c2ccc3ccccc3c2)N1c1ccc(OC)cc1. The summed E-state index contributed by atoms with van der Waals surface area (Å²) < 4.78 is 18.3. The minimum absolute atomic E-state index is 0.214. The lowest BCUT2D eigenvalue weighted by atomic mass is 9.93. The molecule has 1 aliphatic heterocycles. The molecule has 6 heteroatoms. The Kier molecular flexibility index (Phi) is 9.29. The number of nitrogens with zero attached hydrogens (tertiary/aromatic N) is 1. The number of carbonyl (C=O) groups excluding carboxylic acids is 1. The van der Waals surface area contributed by atoms with E-state index in [4.69, 9.17) is 13.9 Å². The van der Waals surface area contributed by atoms with Crippen LogP contribution < -0.4 is 9.64 Å². The number of hydrogen-bond acceptors (Lipinski definition) is 5. The number of fused-ring (bicyclic) bond motifs is 1. The Bertz CT molecular complexity index is 1310. The molecule has 0 aliphatic carbocycles. The highest BCUT2D eigenvalue weighted by molar-refractivity contribution is 6.77. The Balaban J connectivity index is 1.91. The average Bonchev–Trinajstić information content (AvgIpc) is 2.94. The number of ether oxygens (including phenoxy) is 2. The molecule has 2 atom stereocenters. The zero-order valence-electron chi connectivity index (χ0n) is 25.3. The Labute approximate surface area is 241 Å². The number of methoxy groups -OCH3 is 1. The number of carbonyl (C=O) groups is 1. The molecule has 0 spiro atoms. The fraction of sp³-hybridized carbons (Fsp3) is 0.441. The van der Waals surface area contributed by atoms with E-state index in [9.17, 15) is 4.79 Å². The van der Waals surface area contributed by atoms with Crippen molar-refractivity contribution >= 4 is 30.7 Å². The molecule has 1 heterocycles. The van der Waals surface area contributed by atoms with Gasteiger partial charge < -0.3 is 18.8 Å². The monoisotopic (exact) mass is 559 g/mol. The second-order valence-corrected chi connectivity index (χ2v) is 17.1. The maximum atomic E-state index is 13.6. The van der Waals surface area contributed by atoms with Crippen LogP contribution in [0.15, 0.2) is 78.6 Å². The van der Waals surface area contributed by atoms with Crippen LogP contribution in [0, 0.1) is 0 Å². The summed E-state index contributed by atoms with van der Waals surface area (Å²) in [5, 5.41) is 2.35. The minimum Gasteiger partial charge on any atom is -0.546 e. The number of benzene rings is 3. The lowest BCUT2D eigenvalue weighted by Crippen LogP contribution is -2.51. The molecule has 3 aromatic carbocycles. The van der Waals surface area contributed by atoms with Crippen LogP contribution in [0.4, 0.5) is 5.69 Å². The zero-order valence-corrected chi connectivity index (χ0v) is 26.3. The first-order valence-corrected chi connectivity index (χ1v) is 16.7. The van der Waals surface area contributed by atoms with E-state index in [2.05, 4.69) is 95.0 Å². The van der Waals surface area contributed by atoms with E-state index in [1.54, 1.807) is 7.11 Å². The van der Waals surface area contributed by atoms with Crippen molar-refractivity contribution in [1.29, 1.82) is 0 Å². The number of esters is 1. The van der Waals surface area contributed by atoms with E-state index in [0.717, 1.165) is 22.8 Å². The minimum atomic E-state index is -2.24. The van der Waals surface area contributed by atoms with Gasteiger partial charge in [0.2, 0.25) is 0 Å². The normalized spacial score (nSPS) is 17.9. The summed E-state index contributed by atoms with van der Waals surface area (Å²) in [5.41, 5.74) is 3.32. The van der Waals surface area contributed by atoms with Crippen LogP contribution in [-0.4, -0.2) is 34.0 Å². The van der Waals surface area contributed by atoms with Gasteiger partial charge in [-0.3, -0.25) is 0 Å². The van der Waals surface area contributed by atoms with Crippen LogP contribution in [-0.2, 0) is 14.0 Å². The topological polar surface area (TPSA) is 48.0 Å². The van der Waals surface area contributed by atoms with Crippen molar-refractivity contribution in [3.05, 3.63) is 84.1 Å². The molecule has 0 aromatic heterocycles. The lowest BCUT2D eigenvalue weighted by Gasteiger charge is -2.47. The molecule has 5 nitrogen and oxygen atoms in total. The van der Waals surface area contributed by atoms with Gasteiger partial charge in [0.15, 0.2) is 0 Å². The summed E-state index contributed by atoms with van der Waals surface area (Å²) in [5.74, 6) is 1.45. The Morgan fingerprint density at radius 1 is 0.900 bits per heavy atom. The maximum absolute atomic E-state index is 13.6. The predicted molar refractivity (Wildman–Crippen MR) is 167 cm³/mol. The Morgan fingerprint density at radius 2 is 1.52 bits per heavy atom. The molecule has 40 heavy (non-hydrogen) atoms. The van der Waals surface area contributed by atoms with Crippen molar-refractivity contribution in [3.63, 3.8) is 0 Å². The van der Waals surface area contributed by atoms with Gasteiger partial charge in [-0.1, -0.05) is 77.9 Å². The zero-order chi connectivity index (χ0) is 29.0. The molecule has 3 aromatic rings. The quantitative estimate of drug-likeness (QED) is 0.183. The van der Waals surface area contributed by atoms with Gasteiger partial charge in [0, 0.05) is 12.1 Å². The molecule has 0 N–H and O–H groups in total. The van der Waals surface area contributed by atoms with Gasteiger partial charge >= 0.3 is 5.97 Å². The molecule has 214 valence electrons. The molecule has 0 saturated heterocycles. The van der Waals surface area contributed by atoms with Gasteiger partial charge in [-0.25, -0.2) is 4.79 Å². The second kappa shape index (κ2) is 12.5. The number of rotatable bonds is 10. The first-order valence-electron chi connectivity index (χ1n) is 14.6. The van der Waals surface area contributed by atoms with Gasteiger partial charge in [0.05, 0.1) is 25.5 Å². The van der Waals surface area contributed by atoms with Crippen LogP contribution in [0.3, 0.4) is 0 Å². The predicted octanol–water partition coefficient (Wildman–Crippen LogP) is 8.81. The van der Waals surface area contributed by atoms with Crippen LogP contribution >= 0.6 is 0 Å². The smallest absolute Gasteiger partial charge is 0.329 e. The lowest BCUT2D eigenvalue weighted by molar-refractivity contribution is -0.145. The van der Waals surface area contributed by atoms with Gasteiger partial charge in [-0.15, -0.1) is 0 Å². The largest absolute Gasteiger partial charge is 0.546 e. The van der Waals surface area contributed by atoms with Crippen molar-refractivity contribution in [2.45, 2.75) is 83.6 Å². The Morgan fingerprint density at radius 3 is 2.10 bits per heavy atom. The van der Waals surface area contributed by atoms with E-state index < -0.39 is 14.4 Å². The molecule has 0 saturated carbocycles. The molecule has 0 amide bonds. The van der Waals surface area contributed by atoms with E-state index in [1.807, 2.05) is 31.2 Å². The summed E-state index contributed by atoms with van der Waals surface area (Å²) >= 11 is 0. The molecular weight excluding hydrogens is 514 g/mol. The molecule has 0 bridgehead atoms. The highest BCUT2D eigenvalue weighted by Gasteiger charge is 2.49. The number of anilines is 1. The van der Waals surface area contributed by atoms with Crippen molar-refractivity contribution < 1.29 is 18.7 Å². The van der Waals surface area contributed by atoms with Crippen molar-refractivity contribution in [1.82, 2.24) is 0 Å². The average molecular weight is 560 g/mol. The second-order valence-electron chi connectivity index (χ2n) is 11.7. The highest BCUT2D eigenvalue weighted by atomic mass is 28.4. The van der Waals surface area contributed by atoms with Gasteiger partial charge in [0.1, 0.15) is 11.8 Å². The summed E-state index contributed by atoms with van der Waals surface area (Å²) in [6, 6.07) is 22.1. The van der Waals surface area contributed by atoms with Crippen LogP contribution in [0.2, 0.25) is 16.6 Å². The van der Waals surface area contributed by atoms with E-state index in [-0.39, 0.29) is 12.0 Å². The number of hydrogen-bond donors (Lipinski definition) is 0. The van der Waals surface area contributed by atoms with Gasteiger partial charge in [0.25, 0.3) is 8.32 Å². The van der Waals surface area contributed by atoms with Gasteiger partial charge in [-0.2, -0.15) is 0 Å². The first-order chi connectivity index (χ1) is 19.1. The fourth-order valence-electron chi connectivity index (χ4n) is 6.64. The molecule has 4 rings (SSSR count).